The van der Waals surface area contributed by atoms with E-state index in [-0.39, 0.29) is 25.7 Å². The summed E-state index contributed by atoms with van der Waals surface area (Å²) in [6.45, 7) is 7.28. The first kappa shape index (κ1) is 31.5. The quantitative estimate of drug-likeness (QED) is 0.362. The first-order valence-electron chi connectivity index (χ1n) is 13.8. The minimum atomic E-state index is -0.911. The van der Waals surface area contributed by atoms with Gasteiger partial charge in [-0.2, -0.15) is 0 Å². The Bertz CT molecular complexity index is 1210. The van der Waals surface area contributed by atoms with Crippen molar-refractivity contribution in [1.29, 1.82) is 0 Å². The van der Waals surface area contributed by atoms with E-state index in [2.05, 4.69) is 10.6 Å². The third-order valence-electron chi connectivity index (χ3n) is 6.71. The van der Waals surface area contributed by atoms with Crippen molar-refractivity contribution in [3.8, 4) is 0 Å². The molecule has 0 saturated heterocycles. The molecule has 0 bridgehead atoms. The van der Waals surface area contributed by atoms with Gasteiger partial charge in [0.25, 0.3) is 5.91 Å². The molecular formula is C31H41N5O5. The van der Waals surface area contributed by atoms with E-state index in [9.17, 15) is 19.2 Å². The lowest BCUT2D eigenvalue weighted by Gasteiger charge is -2.36. The van der Waals surface area contributed by atoms with Crippen molar-refractivity contribution >= 4 is 23.6 Å². The Morgan fingerprint density at radius 1 is 0.951 bits per heavy atom. The van der Waals surface area contributed by atoms with E-state index in [1.54, 1.807) is 38.1 Å². The van der Waals surface area contributed by atoms with Crippen LogP contribution in [0.3, 0.4) is 0 Å². The Kier molecular flexibility index (Phi) is 11.2. The molecule has 10 heteroatoms. The minimum Gasteiger partial charge on any atom is -0.374 e. The topological polar surface area (TPSA) is 134 Å². The molecule has 0 fully saturated rings. The number of carbonyl (C=O) groups excluding carboxylic acids is 4. The molecule has 3 rings (SSSR count). The van der Waals surface area contributed by atoms with Gasteiger partial charge in [-0.05, 0) is 29.9 Å². The molecule has 0 aliphatic carbocycles. The van der Waals surface area contributed by atoms with Crippen molar-refractivity contribution in [2.75, 3.05) is 19.7 Å². The predicted octanol–water partition coefficient (Wildman–Crippen LogP) is 1.95. The van der Waals surface area contributed by atoms with Crippen LogP contribution in [0.2, 0.25) is 0 Å². The van der Waals surface area contributed by atoms with Crippen LogP contribution < -0.4 is 16.4 Å². The van der Waals surface area contributed by atoms with Crippen molar-refractivity contribution in [3.05, 3.63) is 84.2 Å². The van der Waals surface area contributed by atoms with E-state index in [0.717, 1.165) is 11.1 Å². The standard InChI is InChI=1S/C31H41N5O5/c1-22(32)28(38)34-27(31(2,3)4)29(39)33-19-26(37)36-18-17-35(16-15-23-11-7-5-8-12-23)30(40)25(36)21-41-20-24-13-9-6-10-14-24/h5-14,17-18,22,25,27H,15-16,19-21,32H2,1-4H3,(H,33,39)(H,34,38)/t22-,25-,27+/m0/s1. The molecule has 10 nitrogen and oxygen atoms in total. The zero-order valence-electron chi connectivity index (χ0n) is 24.2. The fraction of sp³-hybridized carbons (Fsp3) is 0.419. The summed E-state index contributed by atoms with van der Waals surface area (Å²) in [6, 6.07) is 16.8. The Morgan fingerprint density at radius 3 is 2.15 bits per heavy atom. The van der Waals surface area contributed by atoms with E-state index in [1.807, 2.05) is 60.7 Å². The van der Waals surface area contributed by atoms with Crippen molar-refractivity contribution in [2.45, 2.75) is 58.8 Å². The van der Waals surface area contributed by atoms with Gasteiger partial charge in [-0.3, -0.25) is 19.2 Å². The molecule has 1 heterocycles. The molecule has 0 saturated carbocycles. The van der Waals surface area contributed by atoms with Crippen LogP contribution >= 0.6 is 0 Å². The van der Waals surface area contributed by atoms with Crippen LogP contribution in [0.25, 0.3) is 0 Å². The van der Waals surface area contributed by atoms with Crippen LogP contribution in [0.4, 0.5) is 0 Å². The molecule has 220 valence electrons. The summed E-state index contributed by atoms with van der Waals surface area (Å²) in [5.41, 5.74) is 7.06. The lowest BCUT2D eigenvalue weighted by molar-refractivity contribution is -0.146. The molecule has 2 aromatic rings. The second-order valence-electron chi connectivity index (χ2n) is 11.2. The molecule has 4 N–H and O–H groups in total. The number of hydrogen-bond acceptors (Lipinski definition) is 6. The van der Waals surface area contributed by atoms with Gasteiger partial charge in [0.1, 0.15) is 12.1 Å². The Hall–Kier alpha value is -4.02. The van der Waals surface area contributed by atoms with Crippen LogP contribution in [0.15, 0.2) is 73.1 Å². The highest BCUT2D eigenvalue weighted by Gasteiger charge is 2.37. The van der Waals surface area contributed by atoms with Crippen LogP contribution in [0, 0.1) is 5.41 Å². The van der Waals surface area contributed by atoms with Gasteiger partial charge in [-0.15, -0.1) is 0 Å². The van der Waals surface area contributed by atoms with E-state index >= 15 is 0 Å². The van der Waals surface area contributed by atoms with Crippen molar-refractivity contribution in [3.63, 3.8) is 0 Å². The van der Waals surface area contributed by atoms with Crippen molar-refractivity contribution in [1.82, 2.24) is 20.4 Å². The molecule has 0 spiro atoms. The summed E-state index contributed by atoms with van der Waals surface area (Å²) in [7, 11) is 0. The number of hydrogen-bond donors (Lipinski definition) is 3. The van der Waals surface area contributed by atoms with Gasteiger partial charge in [0.15, 0.2) is 0 Å². The Balaban J connectivity index is 1.70. The molecule has 0 radical (unpaired) electrons. The highest BCUT2D eigenvalue weighted by atomic mass is 16.5. The van der Waals surface area contributed by atoms with E-state index in [0.29, 0.717) is 13.0 Å². The summed E-state index contributed by atoms with van der Waals surface area (Å²) >= 11 is 0. The van der Waals surface area contributed by atoms with Crippen LogP contribution in [0.5, 0.6) is 0 Å². The summed E-state index contributed by atoms with van der Waals surface area (Å²) in [4.78, 5) is 54.9. The summed E-state index contributed by atoms with van der Waals surface area (Å²) < 4.78 is 5.87. The number of benzene rings is 2. The maximum atomic E-state index is 13.5. The number of nitrogens with zero attached hydrogens (tertiary/aromatic N) is 2. The van der Waals surface area contributed by atoms with Crippen LogP contribution in [-0.2, 0) is 36.9 Å². The van der Waals surface area contributed by atoms with Gasteiger partial charge in [0.05, 0.1) is 25.8 Å². The average molecular weight is 564 g/mol. The third-order valence-corrected chi connectivity index (χ3v) is 6.71. The smallest absolute Gasteiger partial charge is 0.252 e. The number of rotatable bonds is 12. The molecule has 0 unspecified atom stereocenters. The maximum Gasteiger partial charge on any atom is 0.252 e. The van der Waals surface area contributed by atoms with Crippen LogP contribution in [-0.4, -0.2) is 71.3 Å². The van der Waals surface area contributed by atoms with Crippen molar-refractivity contribution < 1.29 is 23.9 Å². The second-order valence-corrected chi connectivity index (χ2v) is 11.2. The number of ether oxygens (including phenoxy) is 1. The molecule has 4 amide bonds. The Labute approximate surface area is 241 Å². The largest absolute Gasteiger partial charge is 0.374 e. The van der Waals surface area contributed by atoms with Gasteiger partial charge in [-0.1, -0.05) is 81.4 Å². The summed E-state index contributed by atoms with van der Waals surface area (Å²) in [5, 5.41) is 5.28. The molecule has 3 atom stereocenters. The second kappa shape index (κ2) is 14.6. The number of nitrogens with one attached hydrogen (secondary N) is 2. The molecular weight excluding hydrogens is 522 g/mol. The lowest BCUT2D eigenvalue weighted by Crippen LogP contribution is -2.58. The Morgan fingerprint density at radius 2 is 1.56 bits per heavy atom. The monoisotopic (exact) mass is 563 g/mol. The van der Waals surface area contributed by atoms with Crippen LogP contribution in [0.1, 0.15) is 38.8 Å². The van der Waals surface area contributed by atoms with E-state index in [1.165, 1.54) is 11.8 Å². The van der Waals surface area contributed by atoms with E-state index < -0.39 is 41.3 Å². The van der Waals surface area contributed by atoms with Gasteiger partial charge in [-0.25, -0.2) is 0 Å². The van der Waals surface area contributed by atoms with Gasteiger partial charge in [0, 0.05) is 18.9 Å². The summed E-state index contributed by atoms with van der Waals surface area (Å²) in [6.07, 6.45) is 3.79. The average Bonchev–Trinajstić information content (AvgIpc) is 2.94. The minimum absolute atomic E-state index is 0.0192. The highest BCUT2D eigenvalue weighted by Crippen LogP contribution is 2.20. The van der Waals surface area contributed by atoms with Gasteiger partial charge in [0.2, 0.25) is 17.7 Å². The number of nitrogens with two attached hydrogens (primary N) is 1. The fourth-order valence-corrected chi connectivity index (χ4v) is 4.30. The number of carbonyl (C=O) groups is 4. The first-order chi connectivity index (χ1) is 19.5. The molecule has 2 aromatic carbocycles. The molecule has 1 aliphatic heterocycles. The SMILES string of the molecule is C[C@H](N)C(=O)N[C@H](C(=O)NCC(=O)N1C=CN(CCc2ccccc2)C(=O)[C@@H]1COCc1ccccc1)C(C)(C)C. The maximum absolute atomic E-state index is 13.5. The highest BCUT2D eigenvalue weighted by molar-refractivity contribution is 5.94. The normalized spacial score (nSPS) is 16.7. The molecule has 41 heavy (non-hydrogen) atoms. The third kappa shape index (κ3) is 9.26. The van der Waals surface area contributed by atoms with Gasteiger partial charge >= 0.3 is 0 Å². The predicted molar refractivity (Wildman–Crippen MR) is 156 cm³/mol. The fourth-order valence-electron chi connectivity index (χ4n) is 4.30. The number of amides is 4. The molecule has 0 aromatic heterocycles. The van der Waals surface area contributed by atoms with Crippen molar-refractivity contribution in [2.24, 2.45) is 11.1 Å². The lowest BCUT2D eigenvalue weighted by atomic mass is 9.86. The zero-order chi connectivity index (χ0) is 30.0. The van der Waals surface area contributed by atoms with E-state index in [4.69, 9.17) is 10.5 Å². The summed E-state index contributed by atoms with van der Waals surface area (Å²) in [5.74, 6) is -1.74. The van der Waals surface area contributed by atoms with Gasteiger partial charge < -0.3 is 30.9 Å². The molecule has 1 aliphatic rings. The zero-order valence-corrected chi connectivity index (χ0v) is 24.2. The first-order valence-corrected chi connectivity index (χ1v) is 13.8.